The van der Waals surface area contributed by atoms with E-state index in [1.165, 1.54) is 11.3 Å². The first-order valence-electron chi connectivity index (χ1n) is 7.43. The van der Waals surface area contributed by atoms with Crippen molar-refractivity contribution in [3.8, 4) is 0 Å². The van der Waals surface area contributed by atoms with Crippen LogP contribution in [0.25, 0.3) is 0 Å². The fourth-order valence-electron chi connectivity index (χ4n) is 2.85. The summed E-state index contributed by atoms with van der Waals surface area (Å²) in [4.78, 5) is 18.5. The molecule has 1 aliphatic rings. The van der Waals surface area contributed by atoms with Crippen LogP contribution in [0, 0.1) is 0 Å². The van der Waals surface area contributed by atoms with Crippen molar-refractivity contribution in [1.29, 1.82) is 0 Å². The summed E-state index contributed by atoms with van der Waals surface area (Å²) in [5.41, 5.74) is 3.00. The molecule has 1 atom stereocenters. The van der Waals surface area contributed by atoms with Crippen LogP contribution in [0.15, 0.2) is 42.6 Å². The smallest absolute Gasteiger partial charge is 0.252 e. The molecular formula is C17H19N3O2. The highest BCUT2D eigenvalue weighted by Gasteiger charge is 2.27. The van der Waals surface area contributed by atoms with Gasteiger partial charge in [0.2, 0.25) is 0 Å². The van der Waals surface area contributed by atoms with Gasteiger partial charge in [0.15, 0.2) is 0 Å². The standard InChI is InChI=1S/C17H19N3O2/c1-12-10-13-4-2-3-5-15(13)20(12)16-7-6-14(11-19-16)17(22)18-8-9-21/h2-7,11-12,21H,8-10H2,1H3,(H,18,22). The lowest BCUT2D eigenvalue weighted by Gasteiger charge is -2.23. The van der Waals surface area contributed by atoms with Crippen molar-refractivity contribution >= 4 is 17.4 Å². The number of pyridine rings is 1. The number of carbonyl (C=O) groups is 1. The molecule has 5 nitrogen and oxygen atoms in total. The summed E-state index contributed by atoms with van der Waals surface area (Å²) < 4.78 is 0. The van der Waals surface area contributed by atoms with Gasteiger partial charge in [0.25, 0.3) is 5.91 Å². The molecule has 2 aromatic rings. The van der Waals surface area contributed by atoms with Gasteiger partial charge < -0.3 is 15.3 Å². The lowest BCUT2D eigenvalue weighted by Crippen LogP contribution is -2.27. The van der Waals surface area contributed by atoms with Crippen LogP contribution in [0.1, 0.15) is 22.8 Å². The van der Waals surface area contributed by atoms with Crippen molar-refractivity contribution in [1.82, 2.24) is 10.3 Å². The number of carbonyl (C=O) groups excluding carboxylic acids is 1. The first-order chi connectivity index (χ1) is 10.7. The molecule has 1 aromatic carbocycles. The third-order valence-corrected chi connectivity index (χ3v) is 3.86. The van der Waals surface area contributed by atoms with Gasteiger partial charge in [-0.05, 0) is 37.1 Å². The number of aliphatic hydroxyl groups excluding tert-OH is 1. The van der Waals surface area contributed by atoms with Gasteiger partial charge >= 0.3 is 0 Å². The first kappa shape index (κ1) is 14.5. The van der Waals surface area contributed by atoms with E-state index in [9.17, 15) is 4.79 Å². The predicted octanol–water partition coefficient (Wildman–Crippen LogP) is 1.89. The average molecular weight is 297 g/mol. The Morgan fingerprint density at radius 1 is 1.36 bits per heavy atom. The normalized spacial score (nSPS) is 16.5. The molecule has 0 radical (unpaired) electrons. The molecule has 2 N–H and O–H groups in total. The first-order valence-corrected chi connectivity index (χ1v) is 7.43. The molecule has 0 spiro atoms. The quantitative estimate of drug-likeness (QED) is 0.904. The summed E-state index contributed by atoms with van der Waals surface area (Å²) in [7, 11) is 0. The zero-order valence-corrected chi connectivity index (χ0v) is 12.5. The Morgan fingerprint density at radius 3 is 2.91 bits per heavy atom. The van der Waals surface area contributed by atoms with E-state index < -0.39 is 0 Å². The van der Waals surface area contributed by atoms with E-state index in [1.807, 2.05) is 12.1 Å². The maximum atomic E-state index is 11.8. The number of hydrogen-bond acceptors (Lipinski definition) is 4. The molecule has 1 amide bonds. The highest BCUT2D eigenvalue weighted by Crippen LogP contribution is 2.36. The largest absolute Gasteiger partial charge is 0.395 e. The number of amides is 1. The van der Waals surface area contributed by atoms with E-state index in [0.717, 1.165) is 12.2 Å². The van der Waals surface area contributed by atoms with E-state index in [4.69, 9.17) is 5.11 Å². The Balaban J connectivity index is 1.83. The van der Waals surface area contributed by atoms with Crippen LogP contribution in [0.4, 0.5) is 11.5 Å². The molecule has 22 heavy (non-hydrogen) atoms. The fraction of sp³-hybridized carbons (Fsp3) is 0.294. The van der Waals surface area contributed by atoms with Gasteiger partial charge in [-0.2, -0.15) is 0 Å². The molecule has 3 rings (SSSR count). The Hall–Kier alpha value is -2.40. The van der Waals surface area contributed by atoms with E-state index >= 15 is 0 Å². The third kappa shape index (κ3) is 2.67. The molecule has 1 unspecified atom stereocenters. The number of nitrogens with one attached hydrogen (secondary N) is 1. The van der Waals surface area contributed by atoms with Gasteiger partial charge in [0.1, 0.15) is 5.82 Å². The number of anilines is 2. The molecule has 114 valence electrons. The zero-order valence-electron chi connectivity index (χ0n) is 12.5. The van der Waals surface area contributed by atoms with Gasteiger partial charge in [-0.15, -0.1) is 0 Å². The van der Waals surface area contributed by atoms with Crippen molar-refractivity contribution in [2.24, 2.45) is 0 Å². The molecule has 1 aliphatic heterocycles. The van der Waals surface area contributed by atoms with Crippen LogP contribution < -0.4 is 10.2 Å². The molecule has 0 saturated heterocycles. The fourth-order valence-corrected chi connectivity index (χ4v) is 2.85. The Kier molecular flexibility index (Phi) is 4.06. The van der Waals surface area contributed by atoms with Gasteiger partial charge in [-0.1, -0.05) is 18.2 Å². The second-order valence-corrected chi connectivity index (χ2v) is 5.44. The SMILES string of the molecule is CC1Cc2ccccc2N1c1ccc(C(=O)NCCO)cn1. The summed E-state index contributed by atoms with van der Waals surface area (Å²) in [5, 5.41) is 11.4. The minimum Gasteiger partial charge on any atom is -0.395 e. The molecule has 0 fully saturated rings. The van der Waals surface area contributed by atoms with Gasteiger partial charge in [0, 0.05) is 24.5 Å². The van der Waals surface area contributed by atoms with Gasteiger partial charge in [0.05, 0.1) is 12.2 Å². The maximum absolute atomic E-state index is 11.8. The molecule has 0 aliphatic carbocycles. The molecular weight excluding hydrogens is 278 g/mol. The number of aliphatic hydroxyl groups is 1. The molecule has 1 aromatic heterocycles. The van der Waals surface area contributed by atoms with Crippen LogP contribution in [-0.4, -0.2) is 35.2 Å². The minimum atomic E-state index is -0.219. The summed E-state index contributed by atoms with van der Waals surface area (Å²) in [6.45, 7) is 2.35. The lowest BCUT2D eigenvalue weighted by atomic mass is 10.1. The Morgan fingerprint density at radius 2 is 2.18 bits per heavy atom. The number of para-hydroxylation sites is 1. The molecule has 0 bridgehead atoms. The second kappa shape index (κ2) is 6.15. The number of fused-ring (bicyclic) bond motifs is 1. The van der Waals surface area contributed by atoms with Crippen molar-refractivity contribution in [3.63, 3.8) is 0 Å². The molecule has 5 heteroatoms. The minimum absolute atomic E-state index is 0.0701. The van der Waals surface area contributed by atoms with Crippen molar-refractivity contribution < 1.29 is 9.90 Å². The van der Waals surface area contributed by atoms with Crippen LogP contribution in [0.3, 0.4) is 0 Å². The van der Waals surface area contributed by atoms with Crippen molar-refractivity contribution in [3.05, 3.63) is 53.7 Å². The molecule has 0 saturated carbocycles. The number of nitrogens with zero attached hydrogens (tertiary/aromatic N) is 2. The number of aromatic nitrogens is 1. The highest BCUT2D eigenvalue weighted by molar-refractivity contribution is 5.94. The summed E-state index contributed by atoms with van der Waals surface area (Å²) in [5.74, 6) is 0.624. The van der Waals surface area contributed by atoms with Crippen LogP contribution in [0.2, 0.25) is 0 Å². The van der Waals surface area contributed by atoms with Crippen LogP contribution in [0.5, 0.6) is 0 Å². The summed E-state index contributed by atoms with van der Waals surface area (Å²) in [6, 6.07) is 12.3. The van der Waals surface area contributed by atoms with Gasteiger partial charge in [-0.25, -0.2) is 4.98 Å². The predicted molar refractivity (Wildman–Crippen MR) is 85.4 cm³/mol. The number of rotatable bonds is 4. The zero-order chi connectivity index (χ0) is 15.5. The number of benzene rings is 1. The van der Waals surface area contributed by atoms with Gasteiger partial charge in [-0.3, -0.25) is 4.79 Å². The molecule has 2 heterocycles. The topological polar surface area (TPSA) is 65.5 Å². The Labute approximate surface area is 129 Å². The third-order valence-electron chi connectivity index (χ3n) is 3.86. The maximum Gasteiger partial charge on any atom is 0.252 e. The van der Waals surface area contributed by atoms with E-state index in [1.54, 1.807) is 12.3 Å². The van der Waals surface area contributed by atoms with E-state index in [2.05, 4.69) is 40.3 Å². The monoisotopic (exact) mass is 297 g/mol. The van der Waals surface area contributed by atoms with E-state index in [-0.39, 0.29) is 19.1 Å². The van der Waals surface area contributed by atoms with Crippen molar-refractivity contribution in [2.45, 2.75) is 19.4 Å². The van der Waals surface area contributed by atoms with Crippen LogP contribution in [-0.2, 0) is 6.42 Å². The lowest BCUT2D eigenvalue weighted by molar-refractivity contribution is 0.0944. The average Bonchev–Trinajstić information content (AvgIpc) is 2.88. The summed E-state index contributed by atoms with van der Waals surface area (Å²) >= 11 is 0. The second-order valence-electron chi connectivity index (χ2n) is 5.44. The summed E-state index contributed by atoms with van der Waals surface area (Å²) in [6.07, 6.45) is 2.58. The Bertz CT molecular complexity index is 670. The van der Waals surface area contributed by atoms with E-state index in [0.29, 0.717) is 11.6 Å². The van der Waals surface area contributed by atoms with Crippen LogP contribution >= 0.6 is 0 Å². The van der Waals surface area contributed by atoms with Crippen molar-refractivity contribution in [2.75, 3.05) is 18.1 Å². The highest BCUT2D eigenvalue weighted by atomic mass is 16.3. The number of hydrogen-bond donors (Lipinski definition) is 2.